The van der Waals surface area contributed by atoms with Crippen molar-refractivity contribution in [2.75, 3.05) is 42.6 Å². The highest BCUT2D eigenvalue weighted by atomic mass is 32.2. The number of thioether (sulfide) groups is 1. The second-order valence-electron chi connectivity index (χ2n) is 5.44. The Labute approximate surface area is 124 Å². The van der Waals surface area contributed by atoms with Crippen LogP contribution < -0.4 is 10.6 Å². The third kappa shape index (κ3) is 2.87. The van der Waals surface area contributed by atoms with Crippen molar-refractivity contribution >= 4 is 29.0 Å². The number of carbonyl (C=O) groups is 1. The second kappa shape index (κ2) is 5.95. The summed E-state index contributed by atoms with van der Waals surface area (Å²) in [6.45, 7) is 3.24. The lowest BCUT2D eigenvalue weighted by Crippen LogP contribution is -2.44. The van der Waals surface area contributed by atoms with Gasteiger partial charge in [0, 0.05) is 36.0 Å². The Balaban J connectivity index is 1.72. The molecule has 0 atom stereocenters. The van der Waals surface area contributed by atoms with Crippen molar-refractivity contribution in [3.05, 3.63) is 18.2 Å². The minimum Gasteiger partial charge on any atom is -0.399 e. The van der Waals surface area contributed by atoms with Crippen LogP contribution in [-0.4, -0.2) is 42.7 Å². The van der Waals surface area contributed by atoms with Gasteiger partial charge in [-0.3, -0.25) is 4.79 Å². The molecule has 1 aromatic rings. The lowest BCUT2D eigenvalue weighted by atomic mass is 10.1. The standard InChI is InChI=1S/C15H21N3OS/c16-12-4-5-14-13(10-12)18(8-9-20-14)11-15(19)17-6-2-1-3-7-17/h4-5,10H,1-3,6-9,11,16H2. The minimum absolute atomic E-state index is 0.255. The van der Waals surface area contributed by atoms with Gasteiger partial charge in [0.05, 0.1) is 12.2 Å². The maximum atomic E-state index is 12.4. The van der Waals surface area contributed by atoms with Gasteiger partial charge >= 0.3 is 0 Å². The van der Waals surface area contributed by atoms with Crippen LogP contribution in [0.3, 0.4) is 0 Å². The summed E-state index contributed by atoms with van der Waals surface area (Å²) in [5.74, 6) is 1.29. The van der Waals surface area contributed by atoms with Crippen LogP contribution in [0.25, 0.3) is 0 Å². The van der Waals surface area contributed by atoms with E-state index in [9.17, 15) is 4.79 Å². The largest absolute Gasteiger partial charge is 0.399 e. The molecule has 1 fully saturated rings. The van der Waals surface area contributed by atoms with E-state index in [0.717, 1.165) is 49.6 Å². The summed E-state index contributed by atoms with van der Waals surface area (Å²) in [7, 11) is 0. The molecule has 1 saturated heterocycles. The summed E-state index contributed by atoms with van der Waals surface area (Å²) in [5.41, 5.74) is 7.77. The zero-order valence-electron chi connectivity index (χ0n) is 11.7. The summed E-state index contributed by atoms with van der Waals surface area (Å²) >= 11 is 1.84. The van der Waals surface area contributed by atoms with Gasteiger partial charge in [0.1, 0.15) is 0 Å². The Hall–Kier alpha value is -1.36. The lowest BCUT2D eigenvalue weighted by Gasteiger charge is -2.34. The van der Waals surface area contributed by atoms with Gasteiger partial charge in [-0.05, 0) is 37.5 Å². The maximum absolute atomic E-state index is 12.4. The highest BCUT2D eigenvalue weighted by Gasteiger charge is 2.23. The molecule has 0 unspecified atom stereocenters. The number of carbonyl (C=O) groups excluding carboxylic acids is 1. The molecule has 0 saturated carbocycles. The molecule has 1 aromatic carbocycles. The highest BCUT2D eigenvalue weighted by Crippen LogP contribution is 2.35. The van der Waals surface area contributed by atoms with Crippen molar-refractivity contribution < 1.29 is 4.79 Å². The Bertz CT molecular complexity index is 500. The first-order valence-electron chi connectivity index (χ1n) is 7.29. The Kier molecular flexibility index (Phi) is 4.05. The van der Waals surface area contributed by atoms with Gasteiger partial charge in [-0.25, -0.2) is 0 Å². The fourth-order valence-corrected chi connectivity index (χ4v) is 3.89. The summed E-state index contributed by atoms with van der Waals surface area (Å²) < 4.78 is 0. The normalized spacial score (nSPS) is 18.8. The zero-order valence-corrected chi connectivity index (χ0v) is 12.5. The molecule has 0 aromatic heterocycles. The van der Waals surface area contributed by atoms with Gasteiger partial charge in [0.2, 0.25) is 5.91 Å². The molecule has 108 valence electrons. The van der Waals surface area contributed by atoms with E-state index in [1.807, 2.05) is 28.8 Å². The van der Waals surface area contributed by atoms with Crippen LogP contribution in [-0.2, 0) is 4.79 Å². The molecule has 2 N–H and O–H groups in total. The SMILES string of the molecule is Nc1ccc2c(c1)N(CC(=O)N1CCCCC1)CCS2. The average molecular weight is 291 g/mol. The van der Waals surface area contributed by atoms with Crippen molar-refractivity contribution in [1.29, 1.82) is 0 Å². The summed E-state index contributed by atoms with van der Waals surface area (Å²) in [4.78, 5) is 17.8. The molecule has 5 heteroatoms. The molecule has 0 aliphatic carbocycles. The molecule has 4 nitrogen and oxygen atoms in total. The molecule has 2 heterocycles. The van der Waals surface area contributed by atoms with Crippen molar-refractivity contribution in [2.45, 2.75) is 24.2 Å². The van der Waals surface area contributed by atoms with Crippen LogP contribution in [0.1, 0.15) is 19.3 Å². The van der Waals surface area contributed by atoms with Crippen LogP contribution in [0.5, 0.6) is 0 Å². The first kappa shape index (κ1) is 13.6. The van der Waals surface area contributed by atoms with E-state index < -0.39 is 0 Å². The average Bonchev–Trinajstić information content (AvgIpc) is 2.49. The molecule has 20 heavy (non-hydrogen) atoms. The Morgan fingerprint density at radius 2 is 2.00 bits per heavy atom. The molecule has 0 spiro atoms. The summed E-state index contributed by atoms with van der Waals surface area (Å²) in [6.07, 6.45) is 3.54. The molecule has 2 aliphatic heterocycles. The number of rotatable bonds is 2. The third-order valence-corrected chi connectivity index (χ3v) is 5.02. The number of fused-ring (bicyclic) bond motifs is 1. The number of nitrogen functional groups attached to an aromatic ring is 1. The van der Waals surface area contributed by atoms with Gasteiger partial charge in [-0.1, -0.05) is 0 Å². The number of nitrogens with two attached hydrogens (primary N) is 1. The van der Waals surface area contributed by atoms with E-state index in [1.165, 1.54) is 11.3 Å². The molecule has 2 aliphatic rings. The van der Waals surface area contributed by atoms with Gasteiger partial charge in [0.15, 0.2) is 0 Å². The van der Waals surface area contributed by atoms with Crippen LogP contribution in [0, 0.1) is 0 Å². The van der Waals surface area contributed by atoms with Crippen LogP contribution in [0.15, 0.2) is 23.1 Å². The van der Waals surface area contributed by atoms with Crippen LogP contribution in [0.2, 0.25) is 0 Å². The third-order valence-electron chi connectivity index (χ3n) is 3.98. The Morgan fingerprint density at radius 3 is 2.80 bits per heavy atom. The number of nitrogens with zero attached hydrogens (tertiary/aromatic N) is 2. The topological polar surface area (TPSA) is 49.6 Å². The second-order valence-corrected chi connectivity index (χ2v) is 6.58. The summed E-state index contributed by atoms with van der Waals surface area (Å²) in [5, 5.41) is 0. The maximum Gasteiger partial charge on any atom is 0.242 e. The predicted octanol–water partition coefficient (Wildman–Crippen LogP) is 2.19. The molecule has 3 rings (SSSR count). The number of benzene rings is 1. The predicted molar refractivity (Wildman–Crippen MR) is 84.2 cm³/mol. The number of hydrogen-bond acceptors (Lipinski definition) is 4. The van der Waals surface area contributed by atoms with Crippen molar-refractivity contribution in [1.82, 2.24) is 4.90 Å². The van der Waals surface area contributed by atoms with Gasteiger partial charge in [-0.15, -0.1) is 11.8 Å². The van der Waals surface area contributed by atoms with E-state index in [2.05, 4.69) is 11.0 Å². The monoisotopic (exact) mass is 291 g/mol. The van der Waals surface area contributed by atoms with Gasteiger partial charge in [-0.2, -0.15) is 0 Å². The fourth-order valence-electron chi connectivity index (χ4n) is 2.86. The van der Waals surface area contributed by atoms with Gasteiger partial charge < -0.3 is 15.5 Å². The molecular weight excluding hydrogens is 270 g/mol. The van der Waals surface area contributed by atoms with Gasteiger partial charge in [0.25, 0.3) is 0 Å². The fraction of sp³-hybridized carbons (Fsp3) is 0.533. The van der Waals surface area contributed by atoms with Crippen LogP contribution >= 0.6 is 11.8 Å². The summed E-state index contributed by atoms with van der Waals surface area (Å²) in [6, 6.07) is 5.99. The zero-order chi connectivity index (χ0) is 13.9. The van der Waals surface area contributed by atoms with E-state index in [-0.39, 0.29) is 5.91 Å². The number of amides is 1. The van der Waals surface area contributed by atoms with E-state index in [0.29, 0.717) is 6.54 Å². The van der Waals surface area contributed by atoms with E-state index in [1.54, 1.807) is 0 Å². The lowest BCUT2D eigenvalue weighted by molar-refractivity contribution is -0.130. The molecule has 1 amide bonds. The molecule has 0 bridgehead atoms. The molecular formula is C15H21N3OS. The Morgan fingerprint density at radius 1 is 1.20 bits per heavy atom. The first-order chi connectivity index (χ1) is 9.74. The van der Waals surface area contributed by atoms with Crippen molar-refractivity contribution in [3.63, 3.8) is 0 Å². The molecule has 0 radical (unpaired) electrons. The van der Waals surface area contributed by atoms with E-state index in [4.69, 9.17) is 5.73 Å². The number of hydrogen-bond donors (Lipinski definition) is 1. The quantitative estimate of drug-likeness (QED) is 0.849. The number of likely N-dealkylation sites (tertiary alicyclic amines) is 1. The van der Waals surface area contributed by atoms with Crippen molar-refractivity contribution in [2.24, 2.45) is 0 Å². The van der Waals surface area contributed by atoms with Crippen molar-refractivity contribution in [3.8, 4) is 0 Å². The van der Waals surface area contributed by atoms with E-state index >= 15 is 0 Å². The van der Waals surface area contributed by atoms with Crippen LogP contribution in [0.4, 0.5) is 11.4 Å². The smallest absolute Gasteiger partial charge is 0.242 e. The number of anilines is 2. The first-order valence-corrected chi connectivity index (χ1v) is 8.27. The highest BCUT2D eigenvalue weighted by molar-refractivity contribution is 7.99. The minimum atomic E-state index is 0.255. The number of piperidine rings is 1.